The fourth-order valence-electron chi connectivity index (χ4n) is 2.65. The third-order valence-electron chi connectivity index (χ3n) is 4.03. The number of hydrogen-bond acceptors (Lipinski definition) is 8. The quantitative estimate of drug-likeness (QED) is 0.412. The normalized spacial score (nSPS) is 31.8. The predicted molar refractivity (Wildman–Crippen MR) is 80.1 cm³/mol. The van der Waals surface area contributed by atoms with Gasteiger partial charge in [0.05, 0.1) is 19.8 Å². The lowest BCUT2D eigenvalue weighted by atomic mass is 9.93. The monoisotopic (exact) mass is 329 g/mol. The van der Waals surface area contributed by atoms with Gasteiger partial charge in [-0.15, -0.1) is 0 Å². The van der Waals surface area contributed by atoms with Crippen LogP contribution in [0.25, 0.3) is 0 Å². The van der Waals surface area contributed by atoms with Gasteiger partial charge in [0.25, 0.3) is 0 Å². The predicted octanol–water partition coefficient (Wildman–Crippen LogP) is -1.85. The lowest BCUT2D eigenvalue weighted by molar-refractivity contribution is -0.223. The molecule has 23 heavy (non-hydrogen) atoms. The molecule has 0 saturated carbocycles. The van der Waals surface area contributed by atoms with Gasteiger partial charge in [0.2, 0.25) is 0 Å². The number of hydrogen-bond donors (Lipinski definition) is 5. The zero-order chi connectivity index (χ0) is 17.0. The zero-order valence-electron chi connectivity index (χ0n) is 12.8. The maximum absolute atomic E-state index is 10.0. The summed E-state index contributed by atoms with van der Waals surface area (Å²) in [4.78, 5) is 1.31. The summed E-state index contributed by atoms with van der Waals surface area (Å²) in [5.41, 5.74) is 0. The molecule has 8 nitrogen and oxygen atoms in total. The van der Waals surface area contributed by atoms with Gasteiger partial charge in [0.1, 0.15) is 42.6 Å². The molecule has 1 saturated heterocycles. The van der Waals surface area contributed by atoms with E-state index in [0.29, 0.717) is 11.5 Å². The van der Waals surface area contributed by atoms with Gasteiger partial charge in [0.15, 0.2) is 0 Å². The van der Waals surface area contributed by atoms with Crippen molar-refractivity contribution in [3.63, 3.8) is 0 Å². The fraction of sp³-hybridized carbons (Fsp3) is 0.600. The fourth-order valence-corrected chi connectivity index (χ4v) is 2.65. The van der Waals surface area contributed by atoms with Gasteiger partial charge in [0, 0.05) is 6.54 Å². The maximum atomic E-state index is 10.0. The van der Waals surface area contributed by atoms with Gasteiger partial charge in [-0.25, -0.2) is 0 Å². The molecule has 0 amide bonds. The third kappa shape index (κ3) is 3.92. The molecular weight excluding hydrogens is 306 g/mol. The van der Waals surface area contributed by atoms with Crippen LogP contribution in [-0.4, -0.2) is 87.9 Å². The number of likely N-dealkylation sites (tertiary alicyclic amines) is 1. The number of aliphatic hydroxyl groups excluding tert-OH is 5. The average molecular weight is 329 g/mol. The molecule has 1 aliphatic heterocycles. The first-order chi connectivity index (χ1) is 11.0. The van der Waals surface area contributed by atoms with E-state index in [0.717, 1.165) is 0 Å². The van der Waals surface area contributed by atoms with Crippen LogP contribution in [0.4, 0.5) is 0 Å². The van der Waals surface area contributed by atoms with Crippen LogP contribution in [0.15, 0.2) is 24.3 Å². The molecule has 0 aromatic heterocycles. The SMILES string of the molecule is COc1ccc(OCCN2C(O)[C@H](O)[C@@H](O)[C@H](O)[C@H]2CO)cc1. The Labute approximate surface area is 134 Å². The van der Waals surface area contributed by atoms with E-state index in [1.54, 1.807) is 31.4 Å². The highest BCUT2D eigenvalue weighted by Gasteiger charge is 2.46. The molecule has 5 atom stereocenters. The Bertz CT molecular complexity index is 483. The largest absolute Gasteiger partial charge is 0.497 e. The number of ether oxygens (including phenoxy) is 2. The zero-order valence-corrected chi connectivity index (χ0v) is 12.8. The van der Waals surface area contributed by atoms with Gasteiger partial charge in [-0.2, -0.15) is 0 Å². The van der Waals surface area contributed by atoms with Crippen LogP contribution in [0.5, 0.6) is 11.5 Å². The molecule has 8 heteroatoms. The van der Waals surface area contributed by atoms with Crippen LogP contribution >= 0.6 is 0 Å². The molecule has 1 unspecified atom stereocenters. The molecule has 1 aliphatic rings. The molecule has 1 fully saturated rings. The lowest BCUT2D eigenvalue weighted by Gasteiger charge is -2.46. The Balaban J connectivity index is 1.94. The van der Waals surface area contributed by atoms with Crippen molar-refractivity contribution in [2.24, 2.45) is 0 Å². The second-order valence-electron chi connectivity index (χ2n) is 5.40. The van der Waals surface area contributed by atoms with Crippen molar-refractivity contribution >= 4 is 0 Å². The Morgan fingerprint density at radius 3 is 2.13 bits per heavy atom. The number of benzene rings is 1. The highest BCUT2D eigenvalue weighted by atomic mass is 16.5. The van der Waals surface area contributed by atoms with E-state index in [4.69, 9.17) is 9.47 Å². The molecule has 2 rings (SSSR count). The minimum Gasteiger partial charge on any atom is -0.497 e. The summed E-state index contributed by atoms with van der Waals surface area (Å²) in [5.74, 6) is 1.29. The number of rotatable bonds is 6. The first kappa shape index (κ1) is 17.9. The first-order valence-corrected chi connectivity index (χ1v) is 7.35. The van der Waals surface area contributed by atoms with Crippen molar-refractivity contribution in [2.45, 2.75) is 30.6 Å². The van der Waals surface area contributed by atoms with E-state index in [1.165, 1.54) is 4.90 Å². The van der Waals surface area contributed by atoms with Crippen LogP contribution < -0.4 is 9.47 Å². The van der Waals surface area contributed by atoms with Crippen LogP contribution in [-0.2, 0) is 0 Å². The molecule has 1 aromatic carbocycles. The highest BCUT2D eigenvalue weighted by Crippen LogP contribution is 2.23. The van der Waals surface area contributed by atoms with E-state index in [9.17, 15) is 25.5 Å². The summed E-state index contributed by atoms with van der Waals surface area (Å²) in [6, 6.07) is 6.05. The van der Waals surface area contributed by atoms with Crippen molar-refractivity contribution in [3.05, 3.63) is 24.3 Å². The minimum atomic E-state index is -1.52. The summed E-state index contributed by atoms with van der Waals surface area (Å²) in [7, 11) is 1.56. The van der Waals surface area contributed by atoms with E-state index in [2.05, 4.69) is 0 Å². The van der Waals surface area contributed by atoms with E-state index >= 15 is 0 Å². The van der Waals surface area contributed by atoms with Gasteiger partial charge in [-0.3, -0.25) is 4.90 Å². The van der Waals surface area contributed by atoms with Gasteiger partial charge < -0.3 is 35.0 Å². The van der Waals surface area contributed by atoms with Crippen molar-refractivity contribution in [1.29, 1.82) is 0 Å². The molecule has 130 valence electrons. The number of piperidine rings is 1. The molecule has 5 N–H and O–H groups in total. The smallest absolute Gasteiger partial charge is 0.136 e. The molecular formula is C15H23NO7. The Morgan fingerprint density at radius 1 is 0.957 bits per heavy atom. The summed E-state index contributed by atoms with van der Waals surface area (Å²) in [5, 5.41) is 48.7. The molecule has 1 aromatic rings. The molecule has 0 aliphatic carbocycles. The van der Waals surface area contributed by atoms with Crippen LogP contribution in [0, 0.1) is 0 Å². The lowest BCUT2D eigenvalue weighted by Crippen LogP contribution is -2.67. The van der Waals surface area contributed by atoms with Crippen molar-refractivity contribution in [2.75, 3.05) is 26.9 Å². The van der Waals surface area contributed by atoms with Gasteiger partial charge in [-0.1, -0.05) is 0 Å². The standard InChI is InChI=1S/C15H23NO7/c1-22-9-2-4-10(5-3-9)23-7-6-16-11(8-17)12(18)13(19)14(20)15(16)21/h2-5,11-15,17-21H,6-8H2,1H3/t11-,12-,13+,14-,15?/m1/s1. The number of nitrogens with zero attached hydrogens (tertiary/aromatic N) is 1. The summed E-state index contributed by atoms with van der Waals surface area (Å²) >= 11 is 0. The van der Waals surface area contributed by atoms with Crippen molar-refractivity contribution in [1.82, 2.24) is 4.90 Å². The van der Waals surface area contributed by atoms with Gasteiger partial charge in [-0.05, 0) is 24.3 Å². The highest BCUT2D eigenvalue weighted by molar-refractivity contribution is 5.31. The average Bonchev–Trinajstić information content (AvgIpc) is 2.58. The number of aliphatic hydroxyl groups is 5. The van der Waals surface area contributed by atoms with E-state index < -0.39 is 37.2 Å². The second kappa shape index (κ2) is 7.91. The summed E-state index contributed by atoms with van der Waals surface area (Å²) in [6.45, 7) is -0.154. The molecule has 0 radical (unpaired) electrons. The van der Waals surface area contributed by atoms with E-state index in [1.807, 2.05) is 0 Å². The Hall–Kier alpha value is -1.42. The summed E-state index contributed by atoms with van der Waals surface area (Å²) < 4.78 is 10.6. The Kier molecular flexibility index (Phi) is 6.17. The molecule has 1 heterocycles. The van der Waals surface area contributed by atoms with Crippen LogP contribution in [0.3, 0.4) is 0 Å². The number of methoxy groups -OCH3 is 1. The molecule has 0 spiro atoms. The van der Waals surface area contributed by atoms with Crippen molar-refractivity contribution < 1.29 is 35.0 Å². The summed E-state index contributed by atoms with van der Waals surface area (Å²) in [6.07, 6.45) is -5.79. The maximum Gasteiger partial charge on any atom is 0.136 e. The minimum absolute atomic E-state index is 0.152. The van der Waals surface area contributed by atoms with Crippen LogP contribution in [0.2, 0.25) is 0 Å². The van der Waals surface area contributed by atoms with E-state index in [-0.39, 0.29) is 13.2 Å². The Morgan fingerprint density at radius 2 is 1.57 bits per heavy atom. The van der Waals surface area contributed by atoms with Gasteiger partial charge >= 0.3 is 0 Å². The topological polar surface area (TPSA) is 123 Å². The second-order valence-corrected chi connectivity index (χ2v) is 5.40. The van der Waals surface area contributed by atoms with Crippen LogP contribution in [0.1, 0.15) is 0 Å². The van der Waals surface area contributed by atoms with Crippen molar-refractivity contribution in [3.8, 4) is 11.5 Å². The first-order valence-electron chi connectivity index (χ1n) is 7.35. The third-order valence-corrected chi connectivity index (χ3v) is 4.03. The molecule has 0 bridgehead atoms.